The van der Waals surface area contributed by atoms with Gasteiger partial charge in [-0.05, 0) is 24.6 Å². The van der Waals surface area contributed by atoms with Gasteiger partial charge in [0, 0.05) is 5.39 Å². The third-order valence-electron chi connectivity index (χ3n) is 4.04. The Bertz CT molecular complexity index is 1050. The second-order valence-corrected chi connectivity index (χ2v) is 5.69. The summed E-state index contributed by atoms with van der Waals surface area (Å²) in [5.41, 5.74) is 3.12. The van der Waals surface area contributed by atoms with Crippen molar-refractivity contribution in [2.45, 2.75) is 13.5 Å². The maximum Gasteiger partial charge on any atom is 0.293 e. The van der Waals surface area contributed by atoms with E-state index in [1.807, 2.05) is 67.6 Å². The highest BCUT2D eigenvalue weighted by atomic mass is 16.1. The van der Waals surface area contributed by atoms with Gasteiger partial charge in [0.25, 0.3) is 5.56 Å². The molecule has 0 amide bonds. The highest BCUT2D eigenvalue weighted by Gasteiger charge is 2.14. The van der Waals surface area contributed by atoms with E-state index in [4.69, 9.17) is 0 Å². The van der Waals surface area contributed by atoms with E-state index in [1.165, 1.54) is 4.68 Å². The van der Waals surface area contributed by atoms with Crippen molar-refractivity contribution in [2.75, 3.05) is 0 Å². The molecule has 5 heteroatoms. The van der Waals surface area contributed by atoms with Crippen molar-refractivity contribution in [3.63, 3.8) is 0 Å². The van der Waals surface area contributed by atoms with Crippen molar-refractivity contribution in [2.24, 2.45) is 0 Å². The van der Waals surface area contributed by atoms with Crippen molar-refractivity contribution in [3.8, 4) is 5.69 Å². The van der Waals surface area contributed by atoms with Crippen LogP contribution in [0, 0.1) is 6.92 Å². The molecule has 0 aliphatic heterocycles. The molecule has 0 unspecified atom stereocenters. The van der Waals surface area contributed by atoms with Crippen molar-refractivity contribution < 1.29 is 0 Å². The molecule has 24 heavy (non-hydrogen) atoms. The molecule has 2 aromatic heterocycles. The van der Waals surface area contributed by atoms with Gasteiger partial charge in [-0.1, -0.05) is 48.5 Å². The number of hydrogen-bond donors (Lipinski definition) is 0. The van der Waals surface area contributed by atoms with E-state index < -0.39 is 0 Å². The number of hydrogen-bond acceptors (Lipinski definition) is 3. The van der Waals surface area contributed by atoms with Crippen LogP contribution in [0.2, 0.25) is 0 Å². The molecule has 0 saturated carbocycles. The minimum Gasteiger partial charge on any atom is -0.265 e. The Morgan fingerprint density at radius 1 is 0.958 bits per heavy atom. The standard InChI is InChI=1S/C19H16N4O/c1-14-17-12-20-23(16-10-6-3-7-11-16)18(17)19(24)22(21-14)13-15-8-4-2-5-9-15/h2-12H,13H2,1H3. The summed E-state index contributed by atoms with van der Waals surface area (Å²) in [6, 6.07) is 19.5. The number of rotatable bonds is 3. The van der Waals surface area contributed by atoms with Crippen molar-refractivity contribution in [3.05, 3.63) is 88.5 Å². The quantitative estimate of drug-likeness (QED) is 0.584. The van der Waals surface area contributed by atoms with Crippen molar-refractivity contribution in [1.29, 1.82) is 0 Å². The number of para-hydroxylation sites is 1. The largest absolute Gasteiger partial charge is 0.293 e. The molecule has 0 aliphatic rings. The average Bonchev–Trinajstić information content (AvgIpc) is 3.07. The first-order chi connectivity index (χ1) is 11.7. The van der Waals surface area contributed by atoms with E-state index in [2.05, 4.69) is 10.2 Å². The van der Waals surface area contributed by atoms with Gasteiger partial charge < -0.3 is 0 Å². The van der Waals surface area contributed by atoms with Gasteiger partial charge in [-0.3, -0.25) is 4.79 Å². The molecule has 0 bridgehead atoms. The van der Waals surface area contributed by atoms with Gasteiger partial charge in [0.1, 0.15) is 5.52 Å². The third-order valence-corrected chi connectivity index (χ3v) is 4.04. The predicted octanol–water partition coefficient (Wildman–Crippen LogP) is 2.94. The zero-order valence-electron chi connectivity index (χ0n) is 13.3. The molecule has 118 valence electrons. The van der Waals surface area contributed by atoms with Crippen LogP contribution in [0.4, 0.5) is 0 Å². The Labute approximate surface area is 138 Å². The van der Waals surface area contributed by atoms with Crippen molar-refractivity contribution >= 4 is 10.9 Å². The lowest BCUT2D eigenvalue weighted by Crippen LogP contribution is -2.26. The second kappa shape index (κ2) is 5.77. The van der Waals surface area contributed by atoms with Crippen LogP contribution in [0.3, 0.4) is 0 Å². The highest BCUT2D eigenvalue weighted by molar-refractivity contribution is 5.81. The Balaban J connectivity index is 1.92. The van der Waals surface area contributed by atoms with Crippen LogP contribution < -0.4 is 5.56 Å². The summed E-state index contributed by atoms with van der Waals surface area (Å²) >= 11 is 0. The first kappa shape index (κ1) is 14.4. The third kappa shape index (κ3) is 2.40. The van der Waals surface area contributed by atoms with E-state index in [-0.39, 0.29) is 5.56 Å². The molecule has 2 aromatic carbocycles. The van der Waals surface area contributed by atoms with Crippen LogP contribution in [-0.4, -0.2) is 19.6 Å². The lowest BCUT2D eigenvalue weighted by Gasteiger charge is -2.08. The molecule has 4 aromatic rings. The van der Waals surface area contributed by atoms with Gasteiger partial charge in [0.15, 0.2) is 0 Å². The summed E-state index contributed by atoms with van der Waals surface area (Å²) < 4.78 is 3.20. The molecular weight excluding hydrogens is 300 g/mol. The summed E-state index contributed by atoms with van der Waals surface area (Å²) in [7, 11) is 0. The molecule has 2 heterocycles. The lowest BCUT2D eigenvalue weighted by molar-refractivity contribution is 0.634. The number of aromatic nitrogens is 4. The van der Waals surface area contributed by atoms with E-state index in [9.17, 15) is 4.79 Å². The van der Waals surface area contributed by atoms with Crippen LogP contribution in [-0.2, 0) is 6.54 Å². The molecule has 0 atom stereocenters. The summed E-state index contributed by atoms with van der Waals surface area (Å²) in [4.78, 5) is 13.0. The number of benzene rings is 2. The molecule has 0 radical (unpaired) electrons. The number of aryl methyl sites for hydroxylation is 1. The summed E-state index contributed by atoms with van der Waals surface area (Å²) in [5, 5.41) is 9.64. The molecule has 5 nitrogen and oxygen atoms in total. The fraction of sp³-hybridized carbons (Fsp3) is 0.105. The van der Waals surface area contributed by atoms with Crippen LogP contribution in [0.25, 0.3) is 16.6 Å². The zero-order chi connectivity index (χ0) is 16.5. The van der Waals surface area contributed by atoms with Crippen LogP contribution >= 0.6 is 0 Å². The summed E-state index contributed by atoms with van der Waals surface area (Å²) in [6.45, 7) is 2.34. The number of nitrogens with zero attached hydrogens (tertiary/aromatic N) is 4. The first-order valence-corrected chi connectivity index (χ1v) is 7.79. The Morgan fingerprint density at radius 3 is 2.33 bits per heavy atom. The van der Waals surface area contributed by atoms with Gasteiger partial charge in [0.05, 0.1) is 24.1 Å². The fourth-order valence-corrected chi connectivity index (χ4v) is 2.85. The SMILES string of the molecule is Cc1nn(Cc2ccccc2)c(=O)c2c1cnn2-c1ccccc1. The number of fused-ring (bicyclic) bond motifs is 1. The van der Waals surface area contributed by atoms with E-state index in [1.54, 1.807) is 10.9 Å². The fourth-order valence-electron chi connectivity index (χ4n) is 2.85. The minimum atomic E-state index is -0.138. The van der Waals surface area contributed by atoms with Gasteiger partial charge in [-0.25, -0.2) is 9.36 Å². The van der Waals surface area contributed by atoms with Gasteiger partial charge in [-0.2, -0.15) is 10.2 Å². The van der Waals surface area contributed by atoms with E-state index in [0.29, 0.717) is 12.1 Å². The Hall–Kier alpha value is -3.21. The normalized spacial score (nSPS) is 11.0. The van der Waals surface area contributed by atoms with Crippen LogP contribution in [0.15, 0.2) is 71.7 Å². The summed E-state index contributed by atoms with van der Waals surface area (Å²) in [6.07, 6.45) is 1.71. The smallest absolute Gasteiger partial charge is 0.265 e. The highest BCUT2D eigenvalue weighted by Crippen LogP contribution is 2.17. The van der Waals surface area contributed by atoms with E-state index >= 15 is 0 Å². The molecule has 4 rings (SSSR count). The molecule has 0 spiro atoms. The van der Waals surface area contributed by atoms with Gasteiger partial charge in [0.2, 0.25) is 0 Å². The molecule has 0 fully saturated rings. The van der Waals surface area contributed by atoms with Gasteiger partial charge >= 0.3 is 0 Å². The Kier molecular flexibility index (Phi) is 3.46. The first-order valence-electron chi connectivity index (χ1n) is 7.79. The maximum atomic E-state index is 13.0. The molecule has 0 aliphatic carbocycles. The van der Waals surface area contributed by atoms with Crippen LogP contribution in [0.1, 0.15) is 11.3 Å². The van der Waals surface area contributed by atoms with E-state index in [0.717, 1.165) is 22.3 Å². The molecular formula is C19H16N4O. The van der Waals surface area contributed by atoms with Gasteiger partial charge in [-0.15, -0.1) is 0 Å². The monoisotopic (exact) mass is 316 g/mol. The van der Waals surface area contributed by atoms with Crippen LogP contribution in [0.5, 0.6) is 0 Å². The Morgan fingerprint density at radius 2 is 1.62 bits per heavy atom. The topological polar surface area (TPSA) is 52.7 Å². The minimum absolute atomic E-state index is 0.138. The molecule has 0 saturated heterocycles. The maximum absolute atomic E-state index is 13.0. The molecule has 0 N–H and O–H groups in total. The zero-order valence-corrected chi connectivity index (χ0v) is 13.3. The predicted molar refractivity (Wildman–Crippen MR) is 93.4 cm³/mol. The summed E-state index contributed by atoms with van der Waals surface area (Å²) in [5.74, 6) is 0. The second-order valence-electron chi connectivity index (χ2n) is 5.69. The lowest BCUT2D eigenvalue weighted by atomic mass is 10.2. The van der Waals surface area contributed by atoms with Crippen molar-refractivity contribution in [1.82, 2.24) is 19.6 Å². The average molecular weight is 316 g/mol.